The third-order valence-corrected chi connectivity index (χ3v) is 4.09. The van der Waals surface area contributed by atoms with Crippen LogP contribution in [-0.2, 0) is 17.9 Å². The lowest BCUT2D eigenvalue weighted by Crippen LogP contribution is -2.56. The maximum atomic E-state index is 12.3. The van der Waals surface area contributed by atoms with Crippen molar-refractivity contribution in [2.45, 2.75) is 45.3 Å². The van der Waals surface area contributed by atoms with Crippen LogP contribution < -0.4 is 5.32 Å². The van der Waals surface area contributed by atoms with Crippen LogP contribution in [0.25, 0.3) is 0 Å². The van der Waals surface area contributed by atoms with E-state index in [1.54, 1.807) is 18.7 Å². The largest absolute Gasteiger partial charge is 0.480 e. The number of carboxylic acid groups (broad SMARTS) is 1. The van der Waals surface area contributed by atoms with Crippen LogP contribution in [0.4, 0.5) is 4.79 Å². The number of amides is 2. The Labute approximate surface area is 118 Å². The molecule has 0 fully saturated rings. The van der Waals surface area contributed by atoms with Gasteiger partial charge in [-0.05, 0) is 24.0 Å². The molecule has 1 aromatic rings. The quantitative estimate of drug-likeness (QED) is 0.887. The van der Waals surface area contributed by atoms with Crippen molar-refractivity contribution in [3.05, 3.63) is 35.4 Å². The Morgan fingerprint density at radius 3 is 2.10 bits per heavy atom. The minimum Gasteiger partial charge on any atom is -0.480 e. The van der Waals surface area contributed by atoms with E-state index in [9.17, 15) is 14.7 Å². The zero-order valence-corrected chi connectivity index (χ0v) is 11.8. The molecule has 2 rings (SSSR count). The molecule has 1 aromatic carbocycles. The highest BCUT2D eigenvalue weighted by Crippen LogP contribution is 2.23. The minimum atomic E-state index is -1.17. The summed E-state index contributed by atoms with van der Waals surface area (Å²) in [6, 6.07) is 7.56. The number of carbonyl (C=O) groups is 2. The summed E-state index contributed by atoms with van der Waals surface area (Å²) in [4.78, 5) is 25.4. The molecule has 1 aliphatic rings. The Balaban J connectivity index is 2.09. The van der Waals surface area contributed by atoms with Gasteiger partial charge < -0.3 is 15.3 Å². The zero-order valence-electron chi connectivity index (χ0n) is 11.8. The molecule has 0 aromatic heterocycles. The number of rotatable bonds is 4. The second-order valence-corrected chi connectivity index (χ2v) is 5.15. The van der Waals surface area contributed by atoms with E-state index in [4.69, 9.17) is 0 Å². The number of nitrogens with one attached hydrogen (secondary N) is 1. The fourth-order valence-corrected chi connectivity index (χ4v) is 2.54. The molecule has 0 bridgehead atoms. The number of fused-ring (bicyclic) bond motifs is 1. The number of urea groups is 1. The molecule has 0 unspecified atom stereocenters. The van der Waals surface area contributed by atoms with Crippen molar-refractivity contribution >= 4 is 12.0 Å². The van der Waals surface area contributed by atoms with E-state index in [0.29, 0.717) is 25.9 Å². The van der Waals surface area contributed by atoms with Gasteiger partial charge in [0.15, 0.2) is 0 Å². The van der Waals surface area contributed by atoms with Crippen LogP contribution >= 0.6 is 0 Å². The smallest absolute Gasteiger partial charge is 0.329 e. The van der Waals surface area contributed by atoms with Gasteiger partial charge >= 0.3 is 12.0 Å². The highest BCUT2D eigenvalue weighted by Gasteiger charge is 2.38. The van der Waals surface area contributed by atoms with Crippen LogP contribution in [0.3, 0.4) is 0 Å². The van der Waals surface area contributed by atoms with Gasteiger partial charge in [-0.1, -0.05) is 38.1 Å². The molecule has 0 spiro atoms. The third kappa shape index (κ3) is 2.48. The first-order valence-corrected chi connectivity index (χ1v) is 6.89. The second kappa shape index (κ2) is 5.53. The summed E-state index contributed by atoms with van der Waals surface area (Å²) in [7, 11) is 0. The SMILES string of the molecule is CCC(CC)(NC(=O)N1Cc2ccccc2C1)C(=O)O. The lowest BCUT2D eigenvalue weighted by molar-refractivity contribution is -0.144. The van der Waals surface area contributed by atoms with E-state index >= 15 is 0 Å². The molecule has 1 heterocycles. The summed E-state index contributed by atoms with van der Waals surface area (Å²) in [5.41, 5.74) is 1.07. The summed E-state index contributed by atoms with van der Waals surface area (Å²) < 4.78 is 0. The predicted molar refractivity (Wildman–Crippen MR) is 75.2 cm³/mol. The molecule has 0 saturated heterocycles. The van der Waals surface area contributed by atoms with Crippen molar-refractivity contribution in [3.63, 3.8) is 0 Å². The summed E-state index contributed by atoms with van der Waals surface area (Å²) in [5, 5.41) is 12.0. The van der Waals surface area contributed by atoms with E-state index in [2.05, 4.69) is 5.32 Å². The first-order valence-electron chi connectivity index (χ1n) is 6.89. The van der Waals surface area contributed by atoms with Gasteiger partial charge in [0.25, 0.3) is 0 Å². The normalized spacial score (nSPS) is 14.0. The minimum absolute atomic E-state index is 0.313. The van der Waals surface area contributed by atoms with Gasteiger partial charge in [-0.15, -0.1) is 0 Å². The Morgan fingerprint density at radius 2 is 1.70 bits per heavy atom. The lowest BCUT2D eigenvalue weighted by Gasteiger charge is -2.30. The second-order valence-electron chi connectivity index (χ2n) is 5.15. The summed E-state index contributed by atoms with van der Waals surface area (Å²) in [6.07, 6.45) is 0.733. The topological polar surface area (TPSA) is 69.6 Å². The molecule has 0 saturated carbocycles. The summed E-state index contributed by atoms with van der Waals surface area (Å²) in [5.74, 6) is -0.979. The third-order valence-electron chi connectivity index (χ3n) is 4.09. The molecule has 5 heteroatoms. The van der Waals surface area contributed by atoms with Gasteiger partial charge in [0.2, 0.25) is 0 Å². The van der Waals surface area contributed by atoms with Crippen LogP contribution in [0, 0.1) is 0 Å². The first kappa shape index (κ1) is 14.4. The molecule has 108 valence electrons. The Morgan fingerprint density at radius 1 is 1.20 bits per heavy atom. The predicted octanol–water partition coefficient (Wildman–Crippen LogP) is 2.36. The Hall–Kier alpha value is -2.04. The maximum absolute atomic E-state index is 12.3. The number of aliphatic carboxylic acids is 1. The Bertz CT molecular complexity index is 499. The molecule has 1 aliphatic heterocycles. The summed E-state index contributed by atoms with van der Waals surface area (Å²) in [6.45, 7) is 4.61. The van der Waals surface area contributed by atoms with E-state index in [1.165, 1.54) is 0 Å². The number of nitrogens with zero attached hydrogens (tertiary/aromatic N) is 1. The van der Waals surface area contributed by atoms with Gasteiger partial charge in [0.05, 0.1) is 0 Å². The van der Waals surface area contributed by atoms with Crippen LogP contribution in [0.2, 0.25) is 0 Å². The molecule has 5 nitrogen and oxygen atoms in total. The van der Waals surface area contributed by atoms with Crippen molar-refractivity contribution in [2.24, 2.45) is 0 Å². The van der Waals surface area contributed by atoms with Gasteiger partial charge in [-0.2, -0.15) is 0 Å². The number of carbonyl (C=O) groups excluding carboxylic acids is 1. The highest BCUT2D eigenvalue weighted by molar-refractivity contribution is 5.86. The average Bonchev–Trinajstić information content (AvgIpc) is 2.88. The summed E-state index contributed by atoms with van der Waals surface area (Å²) >= 11 is 0. The molecule has 2 amide bonds. The molecule has 0 atom stereocenters. The van der Waals surface area contributed by atoms with Gasteiger partial charge in [0, 0.05) is 13.1 Å². The zero-order chi connectivity index (χ0) is 14.8. The molecule has 20 heavy (non-hydrogen) atoms. The molecular formula is C15H20N2O3. The van der Waals surface area contributed by atoms with E-state index in [-0.39, 0.29) is 6.03 Å². The van der Waals surface area contributed by atoms with Crippen LogP contribution in [0.15, 0.2) is 24.3 Å². The standard InChI is InChI=1S/C15H20N2O3/c1-3-15(4-2,13(18)19)16-14(20)17-9-11-7-5-6-8-12(11)10-17/h5-8H,3-4,9-10H2,1-2H3,(H,16,20)(H,18,19). The van der Waals surface area contributed by atoms with Crippen molar-refractivity contribution < 1.29 is 14.7 Å². The molecular weight excluding hydrogens is 256 g/mol. The van der Waals surface area contributed by atoms with Crippen molar-refractivity contribution in [2.75, 3.05) is 0 Å². The van der Waals surface area contributed by atoms with Crippen LogP contribution in [0.1, 0.15) is 37.8 Å². The van der Waals surface area contributed by atoms with Crippen molar-refractivity contribution in [1.82, 2.24) is 10.2 Å². The van der Waals surface area contributed by atoms with Crippen LogP contribution in [0.5, 0.6) is 0 Å². The molecule has 0 aliphatic carbocycles. The average molecular weight is 276 g/mol. The fourth-order valence-electron chi connectivity index (χ4n) is 2.54. The van der Waals surface area contributed by atoms with Crippen LogP contribution in [-0.4, -0.2) is 27.5 Å². The first-order chi connectivity index (χ1) is 9.52. The number of hydrogen-bond donors (Lipinski definition) is 2. The number of benzene rings is 1. The Kier molecular flexibility index (Phi) is 3.97. The van der Waals surface area contributed by atoms with Gasteiger partial charge in [0.1, 0.15) is 5.54 Å². The van der Waals surface area contributed by atoms with Gasteiger partial charge in [-0.25, -0.2) is 9.59 Å². The number of hydrogen-bond acceptors (Lipinski definition) is 2. The number of carboxylic acids is 1. The maximum Gasteiger partial charge on any atom is 0.329 e. The monoisotopic (exact) mass is 276 g/mol. The fraction of sp³-hybridized carbons (Fsp3) is 0.467. The van der Waals surface area contributed by atoms with Gasteiger partial charge in [-0.3, -0.25) is 0 Å². The highest BCUT2D eigenvalue weighted by atomic mass is 16.4. The molecule has 2 N–H and O–H groups in total. The van der Waals surface area contributed by atoms with E-state index in [0.717, 1.165) is 11.1 Å². The van der Waals surface area contributed by atoms with Crippen molar-refractivity contribution in [1.29, 1.82) is 0 Å². The lowest BCUT2D eigenvalue weighted by atomic mass is 9.93. The van der Waals surface area contributed by atoms with E-state index in [1.807, 2.05) is 24.3 Å². The van der Waals surface area contributed by atoms with Crippen molar-refractivity contribution in [3.8, 4) is 0 Å². The van der Waals surface area contributed by atoms with E-state index < -0.39 is 11.5 Å². The molecule has 0 radical (unpaired) electrons.